The quantitative estimate of drug-likeness (QED) is 0.783. The molecule has 29 heavy (non-hydrogen) atoms. The van der Waals surface area contributed by atoms with Crippen LogP contribution in [-0.4, -0.2) is 35.3 Å². The largest absolute Gasteiger partial charge is 0.390 e. The first-order valence-electron chi connectivity index (χ1n) is 9.30. The minimum absolute atomic E-state index is 0.0452. The molecule has 2 amide bonds. The number of nitrogens with one attached hydrogen (secondary N) is 1. The molecule has 0 saturated heterocycles. The van der Waals surface area contributed by atoms with Gasteiger partial charge in [0.25, 0.3) is 0 Å². The maximum absolute atomic E-state index is 14.1. The first-order valence-corrected chi connectivity index (χ1v) is 9.30. The number of amides is 2. The zero-order valence-corrected chi connectivity index (χ0v) is 16.2. The topological polar surface area (TPSA) is 53.9 Å². The third-order valence-electron chi connectivity index (χ3n) is 4.41. The van der Waals surface area contributed by atoms with E-state index in [4.69, 9.17) is 4.84 Å². The van der Waals surface area contributed by atoms with Gasteiger partial charge < -0.3 is 15.1 Å². The van der Waals surface area contributed by atoms with Crippen LogP contribution in [0.25, 0.3) is 0 Å². The molecular formula is C21H22F3N3O2. The maximum atomic E-state index is 14.1. The van der Waals surface area contributed by atoms with Crippen molar-refractivity contribution in [1.82, 2.24) is 10.2 Å². The zero-order valence-electron chi connectivity index (χ0n) is 16.2. The molecule has 2 aromatic rings. The van der Waals surface area contributed by atoms with Crippen molar-refractivity contribution in [3.05, 3.63) is 71.0 Å². The fourth-order valence-corrected chi connectivity index (χ4v) is 3.00. The van der Waals surface area contributed by atoms with Crippen LogP contribution in [-0.2, 0) is 11.4 Å². The normalized spacial score (nSPS) is 15.8. The van der Waals surface area contributed by atoms with E-state index in [1.54, 1.807) is 12.1 Å². The molecule has 8 heteroatoms. The summed E-state index contributed by atoms with van der Waals surface area (Å²) in [7, 11) is 0. The molecule has 3 rings (SSSR count). The molecule has 0 radical (unpaired) electrons. The van der Waals surface area contributed by atoms with Crippen LogP contribution >= 0.6 is 0 Å². The molecular weight excluding hydrogens is 383 g/mol. The van der Waals surface area contributed by atoms with Gasteiger partial charge >= 0.3 is 6.03 Å². The highest BCUT2D eigenvalue weighted by atomic mass is 19.1. The van der Waals surface area contributed by atoms with Crippen molar-refractivity contribution in [2.24, 2.45) is 5.16 Å². The molecule has 1 aliphatic heterocycles. The van der Waals surface area contributed by atoms with Crippen LogP contribution in [0.3, 0.4) is 0 Å². The molecule has 1 aliphatic rings. The van der Waals surface area contributed by atoms with E-state index in [0.29, 0.717) is 12.1 Å². The molecule has 5 nitrogen and oxygen atoms in total. The first kappa shape index (κ1) is 20.7. The average molecular weight is 405 g/mol. The SMILES string of the molecule is CC(C)NC(=O)N(Cc1ccc(F)cc1F)C[C@H]1CC(c2ccc(F)cc2)=NO1. The summed E-state index contributed by atoms with van der Waals surface area (Å²) in [6, 6.07) is 8.65. The van der Waals surface area contributed by atoms with Gasteiger partial charge in [0, 0.05) is 24.1 Å². The van der Waals surface area contributed by atoms with Crippen LogP contribution in [0.2, 0.25) is 0 Å². The smallest absolute Gasteiger partial charge is 0.318 e. The van der Waals surface area contributed by atoms with E-state index in [9.17, 15) is 18.0 Å². The van der Waals surface area contributed by atoms with Gasteiger partial charge in [-0.1, -0.05) is 23.4 Å². The van der Waals surface area contributed by atoms with Gasteiger partial charge in [-0.3, -0.25) is 0 Å². The van der Waals surface area contributed by atoms with E-state index in [1.165, 1.54) is 23.1 Å². The van der Waals surface area contributed by atoms with Crippen molar-refractivity contribution >= 4 is 11.7 Å². The van der Waals surface area contributed by atoms with Gasteiger partial charge in [-0.2, -0.15) is 0 Å². The number of rotatable bonds is 6. The lowest BCUT2D eigenvalue weighted by Gasteiger charge is -2.26. The van der Waals surface area contributed by atoms with Gasteiger partial charge in [-0.15, -0.1) is 0 Å². The number of carbonyl (C=O) groups is 1. The van der Waals surface area contributed by atoms with Gasteiger partial charge in [0.1, 0.15) is 17.5 Å². The predicted molar refractivity (Wildman–Crippen MR) is 103 cm³/mol. The lowest BCUT2D eigenvalue weighted by atomic mass is 10.0. The maximum Gasteiger partial charge on any atom is 0.318 e. The highest BCUT2D eigenvalue weighted by molar-refractivity contribution is 6.01. The number of benzene rings is 2. The summed E-state index contributed by atoms with van der Waals surface area (Å²) in [4.78, 5) is 19.4. The summed E-state index contributed by atoms with van der Waals surface area (Å²) in [6.07, 6.45) is -0.0142. The van der Waals surface area contributed by atoms with Crippen molar-refractivity contribution < 1.29 is 22.8 Å². The number of hydrogen-bond donors (Lipinski definition) is 1. The highest BCUT2D eigenvalue weighted by Gasteiger charge is 2.27. The molecule has 1 N–H and O–H groups in total. The Morgan fingerprint density at radius 3 is 2.52 bits per heavy atom. The van der Waals surface area contributed by atoms with Crippen LogP contribution in [0.15, 0.2) is 47.6 Å². The predicted octanol–water partition coefficient (Wildman–Crippen LogP) is 4.22. The molecule has 0 spiro atoms. The summed E-state index contributed by atoms with van der Waals surface area (Å²) in [6.45, 7) is 3.74. The number of hydrogen-bond acceptors (Lipinski definition) is 3. The number of oxime groups is 1. The molecule has 1 atom stereocenters. The van der Waals surface area contributed by atoms with Crippen molar-refractivity contribution in [3.8, 4) is 0 Å². The molecule has 1 heterocycles. The Balaban J connectivity index is 1.70. The number of nitrogens with zero attached hydrogens (tertiary/aromatic N) is 2. The van der Waals surface area contributed by atoms with Crippen LogP contribution in [0.1, 0.15) is 31.4 Å². The fraction of sp³-hybridized carbons (Fsp3) is 0.333. The van der Waals surface area contributed by atoms with Crippen molar-refractivity contribution in [3.63, 3.8) is 0 Å². The van der Waals surface area contributed by atoms with E-state index < -0.39 is 17.7 Å². The molecule has 0 fully saturated rings. The zero-order chi connectivity index (χ0) is 21.0. The first-order chi connectivity index (χ1) is 13.8. The van der Waals surface area contributed by atoms with Crippen LogP contribution < -0.4 is 5.32 Å². The second-order valence-electron chi connectivity index (χ2n) is 7.20. The summed E-state index contributed by atoms with van der Waals surface area (Å²) in [5.41, 5.74) is 1.58. The Morgan fingerprint density at radius 2 is 1.86 bits per heavy atom. The van der Waals surface area contributed by atoms with Crippen molar-refractivity contribution in [2.75, 3.05) is 6.54 Å². The monoisotopic (exact) mass is 405 g/mol. The van der Waals surface area contributed by atoms with Gasteiger partial charge in [-0.25, -0.2) is 18.0 Å². The second-order valence-corrected chi connectivity index (χ2v) is 7.20. The van der Waals surface area contributed by atoms with E-state index in [2.05, 4.69) is 10.5 Å². The summed E-state index contributed by atoms with van der Waals surface area (Å²) >= 11 is 0. The number of halogens is 3. The average Bonchev–Trinajstić information content (AvgIpc) is 3.12. The molecule has 0 bridgehead atoms. The molecule has 0 saturated carbocycles. The van der Waals surface area contributed by atoms with Crippen LogP contribution in [0.4, 0.5) is 18.0 Å². The number of urea groups is 1. The fourth-order valence-electron chi connectivity index (χ4n) is 3.00. The standard InChI is InChI=1S/C21H22F3N3O2/c1-13(2)25-21(28)27(11-15-5-8-17(23)9-19(15)24)12-18-10-20(26-29-18)14-3-6-16(22)7-4-14/h3-9,13,18H,10-12H2,1-2H3,(H,25,28)/t18-/m1/s1. The summed E-state index contributed by atoms with van der Waals surface area (Å²) < 4.78 is 40.4. The Bertz CT molecular complexity index is 901. The van der Waals surface area contributed by atoms with Gasteiger partial charge in [0.05, 0.1) is 18.8 Å². The Kier molecular flexibility index (Phi) is 6.41. The van der Waals surface area contributed by atoms with Crippen LogP contribution in [0, 0.1) is 17.5 Å². The summed E-state index contributed by atoms with van der Waals surface area (Å²) in [5.74, 6) is -1.74. The third-order valence-corrected chi connectivity index (χ3v) is 4.41. The van der Waals surface area contributed by atoms with Gasteiger partial charge in [0.2, 0.25) is 0 Å². The second kappa shape index (κ2) is 8.98. The molecule has 2 aromatic carbocycles. The van der Waals surface area contributed by atoms with E-state index in [1.807, 2.05) is 13.8 Å². The molecule has 0 aromatic heterocycles. The third kappa shape index (κ3) is 5.49. The lowest BCUT2D eigenvalue weighted by Crippen LogP contribution is -2.45. The van der Waals surface area contributed by atoms with Crippen LogP contribution in [0.5, 0.6) is 0 Å². The van der Waals surface area contributed by atoms with E-state index in [0.717, 1.165) is 17.7 Å². The highest BCUT2D eigenvalue weighted by Crippen LogP contribution is 2.20. The Morgan fingerprint density at radius 1 is 1.17 bits per heavy atom. The van der Waals surface area contributed by atoms with Gasteiger partial charge in [-0.05, 0) is 37.6 Å². The molecule has 0 aliphatic carbocycles. The molecule has 0 unspecified atom stereocenters. The Labute approximate surface area is 167 Å². The minimum atomic E-state index is -0.720. The minimum Gasteiger partial charge on any atom is -0.390 e. The number of carbonyl (C=O) groups excluding carboxylic acids is 1. The lowest BCUT2D eigenvalue weighted by molar-refractivity contribution is 0.0584. The van der Waals surface area contributed by atoms with E-state index >= 15 is 0 Å². The molecule has 154 valence electrons. The Hall–Kier alpha value is -3.03. The van der Waals surface area contributed by atoms with E-state index in [-0.39, 0.29) is 36.5 Å². The van der Waals surface area contributed by atoms with Crippen molar-refractivity contribution in [2.45, 2.75) is 39.0 Å². The van der Waals surface area contributed by atoms with Gasteiger partial charge in [0.15, 0.2) is 6.10 Å². The summed E-state index contributed by atoms with van der Waals surface area (Å²) in [5, 5.41) is 6.81. The van der Waals surface area contributed by atoms with Crippen molar-refractivity contribution in [1.29, 1.82) is 0 Å².